The molecule has 1 unspecified atom stereocenters. The van der Waals surface area contributed by atoms with Crippen molar-refractivity contribution < 1.29 is 4.74 Å². The van der Waals surface area contributed by atoms with Crippen LogP contribution in [0.4, 0.5) is 5.69 Å². The van der Waals surface area contributed by atoms with Crippen LogP contribution in [0.3, 0.4) is 0 Å². The average molecular weight is 248 g/mol. The van der Waals surface area contributed by atoms with Gasteiger partial charge in [0.25, 0.3) is 0 Å². The highest BCUT2D eigenvalue weighted by atomic mass is 16.5. The van der Waals surface area contributed by atoms with Gasteiger partial charge in [0, 0.05) is 6.54 Å². The fraction of sp³-hybridized carbons (Fsp3) is 0.600. The van der Waals surface area contributed by atoms with Crippen LogP contribution in [-0.4, -0.2) is 25.7 Å². The van der Waals surface area contributed by atoms with Gasteiger partial charge in [-0.25, -0.2) is 0 Å². The topological polar surface area (TPSA) is 33.3 Å². The molecule has 1 aliphatic heterocycles. The van der Waals surface area contributed by atoms with E-state index in [0.717, 1.165) is 30.4 Å². The molecule has 1 saturated heterocycles. The van der Waals surface area contributed by atoms with E-state index < -0.39 is 0 Å². The maximum absolute atomic E-state index is 5.81. The van der Waals surface area contributed by atoms with Gasteiger partial charge in [-0.15, -0.1) is 0 Å². The number of hydrogen-bond acceptors (Lipinski definition) is 3. The van der Waals surface area contributed by atoms with Gasteiger partial charge in [-0.05, 0) is 57.8 Å². The molecule has 1 aromatic carbocycles. The Labute approximate surface area is 110 Å². The van der Waals surface area contributed by atoms with Gasteiger partial charge >= 0.3 is 0 Å². The summed E-state index contributed by atoms with van der Waals surface area (Å²) in [5, 5.41) is 6.97. The Bertz CT molecular complexity index is 359. The van der Waals surface area contributed by atoms with E-state index in [-0.39, 0.29) is 6.10 Å². The summed E-state index contributed by atoms with van der Waals surface area (Å²) in [6.45, 7) is 7.43. The van der Waals surface area contributed by atoms with E-state index in [2.05, 4.69) is 36.6 Å². The highest BCUT2D eigenvalue weighted by molar-refractivity contribution is 5.56. The lowest BCUT2D eigenvalue weighted by Gasteiger charge is -2.24. The Kier molecular flexibility index (Phi) is 4.88. The monoisotopic (exact) mass is 248 g/mol. The normalized spacial score (nSPS) is 19.8. The van der Waals surface area contributed by atoms with Crippen molar-refractivity contribution in [3.8, 4) is 5.75 Å². The van der Waals surface area contributed by atoms with Crippen molar-refractivity contribution in [2.75, 3.05) is 25.0 Å². The lowest BCUT2D eigenvalue weighted by molar-refractivity contribution is 0.243. The summed E-state index contributed by atoms with van der Waals surface area (Å²) < 4.78 is 5.81. The lowest BCUT2D eigenvalue weighted by Crippen LogP contribution is -2.33. The van der Waals surface area contributed by atoms with E-state index in [1.54, 1.807) is 0 Å². The molecule has 0 amide bonds. The van der Waals surface area contributed by atoms with Crippen molar-refractivity contribution in [2.24, 2.45) is 5.92 Å². The standard InChI is InChI=1S/C15H24N2O/c1-12(2)18-15-8-4-3-7-14(15)17-11-13-6-5-9-16-10-13/h3-4,7-8,12-13,16-17H,5-6,9-11H2,1-2H3. The smallest absolute Gasteiger partial charge is 0.142 e. The Morgan fingerprint density at radius 2 is 2.22 bits per heavy atom. The number of benzene rings is 1. The van der Waals surface area contributed by atoms with Crippen LogP contribution in [0, 0.1) is 5.92 Å². The van der Waals surface area contributed by atoms with Crippen LogP contribution in [0.5, 0.6) is 5.75 Å². The molecule has 1 aliphatic rings. The van der Waals surface area contributed by atoms with E-state index in [4.69, 9.17) is 4.74 Å². The molecule has 0 radical (unpaired) electrons. The number of nitrogens with one attached hydrogen (secondary N) is 2. The number of anilines is 1. The van der Waals surface area contributed by atoms with Crippen LogP contribution in [0.2, 0.25) is 0 Å². The van der Waals surface area contributed by atoms with Crippen molar-refractivity contribution in [2.45, 2.75) is 32.8 Å². The second-order valence-electron chi connectivity index (χ2n) is 5.26. The van der Waals surface area contributed by atoms with Crippen LogP contribution < -0.4 is 15.4 Å². The summed E-state index contributed by atoms with van der Waals surface area (Å²) >= 11 is 0. The van der Waals surface area contributed by atoms with Gasteiger partial charge in [0.1, 0.15) is 5.75 Å². The summed E-state index contributed by atoms with van der Waals surface area (Å²) in [7, 11) is 0. The number of piperidine rings is 1. The van der Waals surface area contributed by atoms with Crippen molar-refractivity contribution >= 4 is 5.69 Å². The molecule has 1 fully saturated rings. The molecule has 3 nitrogen and oxygen atoms in total. The first kappa shape index (κ1) is 13.2. The first-order valence-electron chi connectivity index (χ1n) is 6.96. The molecule has 0 aromatic heterocycles. The Morgan fingerprint density at radius 1 is 1.39 bits per heavy atom. The molecule has 1 heterocycles. The number of para-hydroxylation sites is 2. The predicted molar refractivity (Wildman–Crippen MR) is 76.3 cm³/mol. The molecule has 0 spiro atoms. The molecule has 2 rings (SSSR count). The second-order valence-corrected chi connectivity index (χ2v) is 5.26. The zero-order chi connectivity index (χ0) is 12.8. The Balaban J connectivity index is 1.91. The number of rotatable bonds is 5. The zero-order valence-electron chi connectivity index (χ0n) is 11.4. The molecule has 2 N–H and O–H groups in total. The third kappa shape index (κ3) is 3.91. The molecule has 100 valence electrons. The van der Waals surface area contributed by atoms with Gasteiger partial charge < -0.3 is 15.4 Å². The van der Waals surface area contributed by atoms with E-state index in [0.29, 0.717) is 0 Å². The molecular weight excluding hydrogens is 224 g/mol. The predicted octanol–water partition coefficient (Wildman–Crippen LogP) is 2.89. The Hall–Kier alpha value is -1.22. The van der Waals surface area contributed by atoms with E-state index >= 15 is 0 Å². The van der Waals surface area contributed by atoms with E-state index in [1.807, 2.05) is 12.1 Å². The van der Waals surface area contributed by atoms with E-state index in [9.17, 15) is 0 Å². The van der Waals surface area contributed by atoms with Crippen LogP contribution in [0.1, 0.15) is 26.7 Å². The molecule has 1 aromatic rings. The van der Waals surface area contributed by atoms with Crippen molar-refractivity contribution in [3.63, 3.8) is 0 Å². The maximum atomic E-state index is 5.81. The highest BCUT2D eigenvalue weighted by Crippen LogP contribution is 2.25. The average Bonchev–Trinajstić information content (AvgIpc) is 2.38. The van der Waals surface area contributed by atoms with Crippen molar-refractivity contribution in [1.29, 1.82) is 0 Å². The van der Waals surface area contributed by atoms with Crippen LogP contribution in [0.25, 0.3) is 0 Å². The third-order valence-electron chi connectivity index (χ3n) is 3.23. The summed E-state index contributed by atoms with van der Waals surface area (Å²) in [6.07, 6.45) is 2.81. The zero-order valence-corrected chi connectivity index (χ0v) is 11.4. The molecule has 18 heavy (non-hydrogen) atoms. The second kappa shape index (κ2) is 6.64. The summed E-state index contributed by atoms with van der Waals surface area (Å²) in [4.78, 5) is 0. The quantitative estimate of drug-likeness (QED) is 0.840. The van der Waals surface area contributed by atoms with Gasteiger partial charge in [0.15, 0.2) is 0 Å². The SMILES string of the molecule is CC(C)Oc1ccccc1NCC1CCCNC1. The minimum atomic E-state index is 0.212. The summed E-state index contributed by atoms with van der Waals surface area (Å²) in [5.41, 5.74) is 1.11. The molecule has 0 saturated carbocycles. The van der Waals surface area contributed by atoms with Gasteiger partial charge in [0.2, 0.25) is 0 Å². The first-order valence-corrected chi connectivity index (χ1v) is 6.96. The fourth-order valence-corrected chi connectivity index (χ4v) is 2.32. The largest absolute Gasteiger partial charge is 0.489 e. The first-order chi connectivity index (χ1) is 8.75. The van der Waals surface area contributed by atoms with E-state index in [1.165, 1.54) is 19.4 Å². The molecular formula is C15H24N2O. The number of ether oxygens (including phenoxy) is 1. The van der Waals surface area contributed by atoms with Gasteiger partial charge in [-0.3, -0.25) is 0 Å². The van der Waals surface area contributed by atoms with Crippen LogP contribution >= 0.6 is 0 Å². The third-order valence-corrected chi connectivity index (χ3v) is 3.23. The van der Waals surface area contributed by atoms with Crippen molar-refractivity contribution in [3.05, 3.63) is 24.3 Å². The van der Waals surface area contributed by atoms with Gasteiger partial charge in [0.05, 0.1) is 11.8 Å². The van der Waals surface area contributed by atoms with Gasteiger partial charge in [-0.1, -0.05) is 12.1 Å². The lowest BCUT2D eigenvalue weighted by atomic mass is 10.00. The fourth-order valence-electron chi connectivity index (χ4n) is 2.32. The molecule has 0 aliphatic carbocycles. The maximum Gasteiger partial charge on any atom is 0.142 e. The highest BCUT2D eigenvalue weighted by Gasteiger charge is 2.13. The van der Waals surface area contributed by atoms with Crippen LogP contribution in [-0.2, 0) is 0 Å². The van der Waals surface area contributed by atoms with Gasteiger partial charge in [-0.2, -0.15) is 0 Å². The van der Waals surface area contributed by atoms with Crippen molar-refractivity contribution in [1.82, 2.24) is 5.32 Å². The minimum absolute atomic E-state index is 0.212. The summed E-state index contributed by atoms with van der Waals surface area (Å²) in [5.74, 6) is 1.68. The van der Waals surface area contributed by atoms with Crippen LogP contribution in [0.15, 0.2) is 24.3 Å². The molecule has 1 atom stereocenters. The molecule has 0 bridgehead atoms. The Morgan fingerprint density at radius 3 is 2.94 bits per heavy atom. The number of hydrogen-bond donors (Lipinski definition) is 2. The minimum Gasteiger partial charge on any atom is -0.489 e. The summed E-state index contributed by atoms with van der Waals surface area (Å²) in [6, 6.07) is 8.19. The molecule has 3 heteroatoms.